The molecule has 4 heteroatoms. The first-order valence-electron chi connectivity index (χ1n) is 5.41. The molecule has 0 aliphatic rings. The first-order valence-corrected chi connectivity index (χ1v) is 5.41. The Morgan fingerprint density at radius 2 is 1.94 bits per heavy atom. The number of hydrogen-bond donors (Lipinski definition) is 1. The van der Waals surface area contributed by atoms with E-state index in [-0.39, 0.29) is 12.8 Å². The van der Waals surface area contributed by atoms with Gasteiger partial charge in [0, 0.05) is 11.8 Å². The molecule has 0 heterocycles. The van der Waals surface area contributed by atoms with E-state index in [4.69, 9.17) is 5.11 Å². The van der Waals surface area contributed by atoms with Crippen molar-refractivity contribution in [2.75, 3.05) is 0 Å². The number of carboxylic acid groups (broad SMARTS) is 1. The van der Waals surface area contributed by atoms with E-state index in [1.54, 1.807) is 38.1 Å². The third-order valence-corrected chi connectivity index (χ3v) is 2.71. The van der Waals surface area contributed by atoms with E-state index in [1.165, 1.54) is 0 Å². The molecule has 1 aromatic rings. The molecule has 94 valence electrons. The molecule has 1 N–H and O–H groups in total. The highest BCUT2D eigenvalue weighted by molar-refractivity contribution is 5.69. The summed E-state index contributed by atoms with van der Waals surface area (Å²) < 4.78 is 24.9. The Balaban J connectivity index is 3.07. The van der Waals surface area contributed by atoms with Crippen molar-refractivity contribution in [2.45, 2.75) is 38.5 Å². The Labute approximate surface area is 99.3 Å². The number of carboxylic acids is 1. The smallest absolute Gasteiger partial charge is 0.304 e. The Morgan fingerprint density at radius 1 is 1.35 bits per heavy atom. The number of aliphatic carboxylic acids is 1. The van der Waals surface area contributed by atoms with Gasteiger partial charge in [0.15, 0.2) is 0 Å². The Hall–Kier alpha value is -1.45. The zero-order valence-electron chi connectivity index (χ0n) is 9.91. The molecule has 17 heavy (non-hydrogen) atoms. The monoisotopic (exact) mass is 242 g/mol. The number of benzene rings is 1. The molecule has 0 aliphatic heterocycles. The molecule has 0 saturated heterocycles. The Bertz CT molecular complexity index is 400. The van der Waals surface area contributed by atoms with Gasteiger partial charge in [-0.3, -0.25) is 4.79 Å². The van der Waals surface area contributed by atoms with Crippen molar-refractivity contribution in [1.29, 1.82) is 0 Å². The van der Waals surface area contributed by atoms with E-state index in [2.05, 4.69) is 0 Å². The predicted molar refractivity (Wildman–Crippen MR) is 61.4 cm³/mol. The number of hydrogen-bond acceptors (Lipinski definition) is 1. The number of carbonyl (C=O) groups is 1. The Morgan fingerprint density at radius 3 is 2.47 bits per heavy atom. The molecule has 1 rings (SSSR count). The van der Waals surface area contributed by atoms with Gasteiger partial charge < -0.3 is 5.11 Å². The van der Waals surface area contributed by atoms with Crippen LogP contribution in [0.1, 0.15) is 31.4 Å². The molecular weight excluding hydrogens is 226 g/mol. The summed E-state index contributed by atoms with van der Waals surface area (Å²) >= 11 is 0. The van der Waals surface area contributed by atoms with E-state index in [9.17, 15) is 13.6 Å². The second kappa shape index (κ2) is 5.25. The normalized spacial score (nSPS) is 11.8. The van der Waals surface area contributed by atoms with Crippen LogP contribution in [0.4, 0.5) is 8.78 Å². The van der Waals surface area contributed by atoms with Crippen LogP contribution < -0.4 is 0 Å². The summed E-state index contributed by atoms with van der Waals surface area (Å²) in [6.45, 7) is 3.51. The highest BCUT2D eigenvalue weighted by Crippen LogP contribution is 2.30. The fourth-order valence-electron chi connectivity index (χ4n) is 2.00. The lowest BCUT2D eigenvalue weighted by Crippen LogP contribution is -2.23. The molecule has 0 aliphatic carbocycles. The van der Waals surface area contributed by atoms with Crippen LogP contribution in [0, 0.1) is 0 Å². The quantitative estimate of drug-likeness (QED) is 0.860. The third kappa shape index (κ3) is 3.80. The summed E-state index contributed by atoms with van der Waals surface area (Å²) in [4.78, 5) is 10.8. The maximum atomic E-state index is 12.4. The van der Waals surface area contributed by atoms with Crippen molar-refractivity contribution >= 4 is 5.97 Å². The predicted octanol–water partition coefficient (Wildman–Crippen LogP) is 3.25. The minimum absolute atomic E-state index is 0.0761. The molecule has 0 unspecified atom stereocenters. The zero-order valence-corrected chi connectivity index (χ0v) is 9.91. The highest BCUT2D eigenvalue weighted by atomic mass is 19.3. The lowest BCUT2D eigenvalue weighted by atomic mass is 9.78. The van der Waals surface area contributed by atoms with Gasteiger partial charge in [-0.2, -0.15) is 0 Å². The molecule has 0 bridgehead atoms. The molecule has 0 radical (unpaired) electrons. The van der Waals surface area contributed by atoms with Crippen LogP contribution in [-0.4, -0.2) is 17.5 Å². The van der Waals surface area contributed by atoms with Crippen molar-refractivity contribution in [1.82, 2.24) is 0 Å². The number of rotatable bonds is 5. The molecular formula is C13H16F2O2. The standard InChI is InChI=1S/C13H16F2O2/c1-13(2,8-12(16)17)10-6-4-3-5-9(10)7-11(14)15/h3-6,11H,7-8H2,1-2H3,(H,16,17). The van der Waals surface area contributed by atoms with Gasteiger partial charge in [0.1, 0.15) is 0 Å². The molecule has 0 saturated carbocycles. The summed E-state index contributed by atoms with van der Waals surface area (Å²) in [6.07, 6.45) is -2.83. The third-order valence-electron chi connectivity index (χ3n) is 2.71. The van der Waals surface area contributed by atoms with Crippen molar-refractivity contribution in [3.63, 3.8) is 0 Å². The van der Waals surface area contributed by atoms with Gasteiger partial charge in [0.05, 0.1) is 6.42 Å². The van der Waals surface area contributed by atoms with Crippen LogP contribution in [0.2, 0.25) is 0 Å². The summed E-state index contributed by atoms with van der Waals surface area (Å²) in [5, 5.41) is 8.84. The van der Waals surface area contributed by atoms with Gasteiger partial charge in [-0.25, -0.2) is 8.78 Å². The first-order chi connectivity index (χ1) is 7.83. The fraction of sp³-hybridized carbons (Fsp3) is 0.462. The first kappa shape index (κ1) is 13.6. The van der Waals surface area contributed by atoms with Crippen LogP contribution >= 0.6 is 0 Å². The SMILES string of the molecule is CC(C)(CC(=O)O)c1ccccc1CC(F)F. The van der Waals surface area contributed by atoms with Gasteiger partial charge in [-0.15, -0.1) is 0 Å². The molecule has 0 aromatic heterocycles. The molecule has 0 atom stereocenters. The van der Waals surface area contributed by atoms with Crippen LogP contribution in [0.5, 0.6) is 0 Å². The van der Waals surface area contributed by atoms with Gasteiger partial charge in [0.25, 0.3) is 0 Å². The highest BCUT2D eigenvalue weighted by Gasteiger charge is 2.27. The van der Waals surface area contributed by atoms with Crippen molar-refractivity contribution in [2.24, 2.45) is 0 Å². The molecule has 0 spiro atoms. The zero-order chi connectivity index (χ0) is 13.1. The van der Waals surface area contributed by atoms with Crippen LogP contribution in [0.15, 0.2) is 24.3 Å². The van der Waals surface area contributed by atoms with E-state index in [1.807, 2.05) is 0 Å². The fourth-order valence-corrected chi connectivity index (χ4v) is 2.00. The summed E-state index contributed by atoms with van der Waals surface area (Å²) in [7, 11) is 0. The maximum Gasteiger partial charge on any atom is 0.304 e. The number of alkyl halides is 2. The van der Waals surface area contributed by atoms with Gasteiger partial charge in [-0.05, 0) is 11.1 Å². The number of halogens is 2. The van der Waals surface area contributed by atoms with Gasteiger partial charge >= 0.3 is 5.97 Å². The summed E-state index contributed by atoms with van der Waals surface area (Å²) in [5.74, 6) is -0.929. The second-order valence-corrected chi connectivity index (χ2v) is 4.71. The lowest BCUT2D eigenvalue weighted by molar-refractivity contribution is -0.138. The topological polar surface area (TPSA) is 37.3 Å². The van der Waals surface area contributed by atoms with Crippen LogP contribution in [0.3, 0.4) is 0 Å². The largest absolute Gasteiger partial charge is 0.481 e. The van der Waals surface area contributed by atoms with Gasteiger partial charge in [-0.1, -0.05) is 38.1 Å². The molecule has 2 nitrogen and oxygen atoms in total. The van der Waals surface area contributed by atoms with E-state index in [0.717, 1.165) is 0 Å². The summed E-state index contributed by atoms with van der Waals surface area (Å²) in [5.41, 5.74) is 0.563. The minimum Gasteiger partial charge on any atom is -0.481 e. The average molecular weight is 242 g/mol. The van der Waals surface area contributed by atoms with Crippen molar-refractivity contribution in [3.8, 4) is 0 Å². The lowest BCUT2D eigenvalue weighted by Gasteiger charge is -2.26. The van der Waals surface area contributed by atoms with Crippen LogP contribution in [-0.2, 0) is 16.6 Å². The summed E-state index contributed by atoms with van der Waals surface area (Å²) in [6, 6.07) is 6.79. The van der Waals surface area contributed by atoms with E-state index in [0.29, 0.717) is 11.1 Å². The average Bonchev–Trinajstić information content (AvgIpc) is 2.15. The van der Waals surface area contributed by atoms with Crippen molar-refractivity contribution < 1.29 is 18.7 Å². The van der Waals surface area contributed by atoms with Crippen molar-refractivity contribution in [3.05, 3.63) is 35.4 Å². The second-order valence-electron chi connectivity index (χ2n) is 4.71. The molecule has 0 fully saturated rings. The minimum atomic E-state index is -2.42. The van der Waals surface area contributed by atoms with Gasteiger partial charge in [0.2, 0.25) is 6.43 Å². The maximum absolute atomic E-state index is 12.4. The van der Waals surface area contributed by atoms with Crippen LogP contribution in [0.25, 0.3) is 0 Å². The van der Waals surface area contributed by atoms with E-state index < -0.39 is 17.8 Å². The molecule has 0 amide bonds. The van der Waals surface area contributed by atoms with E-state index >= 15 is 0 Å². The molecule has 1 aromatic carbocycles. The Kier molecular flexibility index (Phi) is 4.21.